The first-order valence-corrected chi connectivity index (χ1v) is 8.25. The van der Waals surface area contributed by atoms with Crippen LogP contribution in [0, 0.1) is 5.92 Å². The number of hydrogen-bond acceptors (Lipinski definition) is 3. The van der Waals surface area contributed by atoms with Gasteiger partial charge in [0.1, 0.15) is 5.75 Å². The lowest BCUT2D eigenvalue weighted by molar-refractivity contribution is -0.131. The number of carboxylic acids is 1. The minimum absolute atomic E-state index is 0.518. The van der Waals surface area contributed by atoms with Crippen molar-refractivity contribution >= 4 is 43.9 Å². The summed E-state index contributed by atoms with van der Waals surface area (Å²) < 4.78 is 12.8. The first-order chi connectivity index (χ1) is 10.1. The van der Waals surface area contributed by atoms with Gasteiger partial charge in [0.25, 0.3) is 0 Å². The molecule has 1 fully saturated rings. The predicted molar refractivity (Wildman–Crippen MR) is 87.5 cm³/mol. The van der Waals surface area contributed by atoms with Gasteiger partial charge in [-0.05, 0) is 74.4 Å². The smallest absolute Gasteiger partial charge is 0.328 e. The maximum Gasteiger partial charge on any atom is 0.328 e. The molecule has 0 amide bonds. The summed E-state index contributed by atoms with van der Waals surface area (Å²) in [4.78, 5) is 10.5. The van der Waals surface area contributed by atoms with E-state index in [4.69, 9.17) is 14.6 Å². The largest absolute Gasteiger partial charge is 0.491 e. The van der Waals surface area contributed by atoms with Crippen LogP contribution >= 0.6 is 31.9 Å². The van der Waals surface area contributed by atoms with Gasteiger partial charge in [0.15, 0.2) is 0 Å². The SMILES string of the molecule is O=C(O)/C=C/c1cc(Br)c(OCC2CCOCC2)c(Br)c1. The maximum atomic E-state index is 10.5. The minimum Gasteiger partial charge on any atom is -0.491 e. The zero-order chi connectivity index (χ0) is 15.2. The van der Waals surface area contributed by atoms with Crippen LogP contribution in [0.3, 0.4) is 0 Å². The molecule has 1 aromatic rings. The van der Waals surface area contributed by atoms with Crippen molar-refractivity contribution in [1.82, 2.24) is 0 Å². The van der Waals surface area contributed by atoms with Crippen LogP contribution in [0.1, 0.15) is 18.4 Å². The van der Waals surface area contributed by atoms with Crippen LogP contribution < -0.4 is 4.74 Å². The zero-order valence-electron chi connectivity index (χ0n) is 11.4. The average molecular weight is 420 g/mol. The molecule has 0 aromatic heterocycles. The Labute approximate surface area is 140 Å². The number of rotatable bonds is 5. The average Bonchev–Trinajstić information content (AvgIpc) is 2.45. The molecule has 0 atom stereocenters. The van der Waals surface area contributed by atoms with E-state index < -0.39 is 5.97 Å². The standard InChI is InChI=1S/C15H16Br2O4/c16-12-7-11(1-2-14(18)19)8-13(17)15(12)21-9-10-3-5-20-6-4-10/h1-2,7-8,10H,3-6,9H2,(H,18,19)/b2-1+. The first-order valence-electron chi connectivity index (χ1n) is 6.67. The van der Waals surface area contributed by atoms with Crippen LogP contribution in [-0.2, 0) is 9.53 Å². The molecule has 1 heterocycles. The van der Waals surface area contributed by atoms with Gasteiger partial charge in [-0.3, -0.25) is 0 Å². The molecule has 0 spiro atoms. The molecule has 0 saturated carbocycles. The summed E-state index contributed by atoms with van der Waals surface area (Å²) in [6.07, 6.45) is 4.69. The summed E-state index contributed by atoms with van der Waals surface area (Å²) in [6, 6.07) is 3.67. The second-order valence-electron chi connectivity index (χ2n) is 4.85. The molecule has 1 aliphatic heterocycles. The molecule has 0 radical (unpaired) electrons. The topological polar surface area (TPSA) is 55.8 Å². The Morgan fingerprint density at radius 2 is 1.95 bits per heavy atom. The molecule has 114 valence electrons. The van der Waals surface area contributed by atoms with Crippen molar-refractivity contribution in [3.63, 3.8) is 0 Å². The van der Waals surface area contributed by atoms with Gasteiger partial charge in [0.05, 0.1) is 15.6 Å². The Balaban J connectivity index is 2.04. The second-order valence-corrected chi connectivity index (χ2v) is 6.56. The van der Waals surface area contributed by atoms with E-state index >= 15 is 0 Å². The highest BCUT2D eigenvalue weighted by Crippen LogP contribution is 2.35. The normalized spacial score (nSPS) is 16.3. The molecule has 0 aliphatic carbocycles. The van der Waals surface area contributed by atoms with Crippen LogP contribution in [0.4, 0.5) is 0 Å². The highest BCUT2D eigenvalue weighted by atomic mass is 79.9. The lowest BCUT2D eigenvalue weighted by Gasteiger charge is -2.22. The van der Waals surface area contributed by atoms with E-state index in [1.807, 2.05) is 12.1 Å². The summed E-state index contributed by atoms with van der Waals surface area (Å²) in [5.74, 6) is 0.292. The van der Waals surface area contributed by atoms with Gasteiger partial charge >= 0.3 is 5.97 Å². The molecule has 1 aliphatic rings. The molecule has 0 unspecified atom stereocenters. The quantitative estimate of drug-likeness (QED) is 0.729. The fourth-order valence-corrected chi connectivity index (χ4v) is 3.55. The third-order valence-corrected chi connectivity index (χ3v) is 4.42. The van der Waals surface area contributed by atoms with E-state index in [1.165, 1.54) is 0 Å². The molecule has 6 heteroatoms. The molecule has 21 heavy (non-hydrogen) atoms. The van der Waals surface area contributed by atoms with Gasteiger partial charge in [-0.15, -0.1) is 0 Å². The molecular formula is C15H16Br2O4. The van der Waals surface area contributed by atoms with Crippen LogP contribution in [0.5, 0.6) is 5.75 Å². The van der Waals surface area contributed by atoms with Crippen molar-refractivity contribution in [1.29, 1.82) is 0 Å². The van der Waals surface area contributed by atoms with Crippen LogP contribution in [0.25, 0.3) is 6.08 Å². The number of hydrogen-bond donors (Lipinski definition) is 1. The lowest BCUT2D eigenvalue weighted by atomic mass is 10.0. The van der Waals surface area contributed by atoms with Crippen molar-refractivity contribution in [2.24, 2.45) is 5.92 Å². The highest BCUT2D eigenvalue weighted by Gasteiger charge is 2.16. The molecule has 1 aromatic carbocycles. The Hall–Kier alpha value is -0.850. The fourth-order valence-electron chi connectivity index (χ4n) is 2.10. The molecule has 4 nitrogen and oxygen atoms in total. The van der Waals surface area contributed by atoms with Crippen LogP contribution in [0.2, 0.25) is 0 Å². The summed E-state index contributed by atoms with van der Waals surface area (Å²) in [5, 5.41) is 8.65. The third-order valence-electron chi connectivity index (χ3n) is 3.24. The summed E-state index contributed by atoms with van der Waals surface area (Å²) >= 11 is 6.94. The van der Waals surface area contributed by atoms with E-state index in [2.05, 4.69) is 31.9 Å². The monoisotopic (exact) mass is 418 g/mol. The van der Waals surface area contributed by atoms with Crippen molar-refractivity contribution in [3.05, 3.63) is 32.7 Å². The molecule has 1 N–H and O–H groups in total. The number of halogens is 2. The number of aliphatic carboxylic acids is 1. The predicted octanol–water partition coefficient (Wildman–Crippen LogP) is 4.11. The first kappa shape index (κ1) is 16.5. The lowest BCUT2D eigenvalue weighted by Crippen LogP contribution is -2.21. The molecule has 1 saturated heterocycles. The van der Waals surface area contributed by atoms with Gasteiger partial charge < -0.3 is 14.6 Å². The number of ether oxygens (including phenoxy) is 2. The van der Waals surface area contributed by atoms with Crippen molar-refractivity contribution in [3.8, 4) is 5.75 Å². The Morgan fingerprint density at radius 1 is 1.33 bits per heavy atom. The zero-order valence-corrected chi connectivity index (χ0v) is 14.5. The highest BCUT2D eigenvalue weighted by molar-refractivity contribution is 9.11. The summed E-state index contributed by atoms with van der Waals surface area (Å²) in [5.41, 5.74) is 0.787. The van der Waals surface area contributed by atoms with Gasteiger partial charge in [-0.1, -0.05) is 0 Å². The van der Waals surface area contributed by atoms with Crippen molar-refractivity contribution in [2.75, 3.05) is 19.8 Å². The molecule has 2 rings (SSSR count). The van der Waals surface area contributed by atoms with Gasteiger partial charge in [0, 0.05) is 19.3 Å². The van der Waals surface area contributed by atoms with Crippen molar-refractivity contribution in [2.45, 2.75) is 12.8 Å². The summed E-state index contributed by atoms with van der Waals surface area (Å²) in [7, 11) is 0. The number of carboxylic acid groups (broad SMARTS) is 1. The van der Waals surface area contributed by atoms with E-state index in [0.29, 0.717) is 12.5 Å². The summed E-state index contributed by atoms with van der Waals surface area (Å²) in [6.45, 7) is 2.26. The number of carbonyl (C=O) groups is 1. The Kier molecular flexibility index (Phi) is 6.26. The second kappa shape index (κ2) is 7.96. The third kappa shape index (κ3) is 5.13. The van der Waals surface area contributed by atoms with E-state index in [1.54, 1.807) is 6.08 Å². The fraction of sp³-hybridized carbons (Fsp3) is 0.400. The van der Waals surface area contributed by atoms with E-state index in [9.17, 15) is 4.79 Å². The number of benzene rings is 1. The molecular weight excluding hydrogens is 404 g/mol. The van der Waals surface area contributed by atoms with Gasteiger partial charge in [0.2, 0.25) is 0 Å². The Bertz CT molecular complexity index is 513. The molecule has 0 bridgehead atoms. The Morgan fingerprint density at radius 3 is 2.52 bits per heavy atom. The minimum atomic E-state index is -0.970. The maximum absolute atomic E-state index is 10.5. The van der Waals surface area contributed by atoms with Crippen LogP contribution in [-0.4, -0.2) is 30.9 Å². The van der Waals surface area contributed by atoms with Crippen LogP contribution in [0.15, 0.2) is 27.2 Å². The van der Waals surface area contributed by atoms with Crippen molar-refractivity contribution < 1.29 is 19.4 Å². The van der Waals surface area contributed by atoms with Gasteiger partial charge in [-0.2, -0.15) is 0 Å². The van der Waals surface area contributed by atoms with E-state index in [0.717, 1.165) is 52.4 Å². The van der Waals surface area contributed by atoms with E-state index in [-0.39, 0.29) is 0 Å². The van der Waals surface area contributed by atoms with Gasteiger partial charge in [-0.25, -0.2) is 4.79 Å².